The average Bonchev–Trinajstić information content (AvgIpc) is 3.17. The largest absolute Gasteiger partial charge is 0.235 e. The van der Waals surface area contributed by atoms with E-state index in [0.717, 1.165) is 10.5 Å². The number of thiazole rings is 1. The highest BCUT2D eigenvalue weighted by Crippen LogP contribution is 2.39. The van der Waals surface area contributed by atoms with Crippen LogP contribution in [0.25, 0.3) is 29.9 Å². The molecule has 0 bridgehead atoms. The molecular formula is C15H9NS3. The predicted molar refractivity (Wildman–Crippen MR) is 86.2 cm³/mol. The van der Waals surface area contributed by atoms with E-state index in [4.69, 9.17) is 4.98 Å². The molecule has 0 radical (unpaired) electrons. The van der Waals surface area contributed by atoms with Gasteiger partial charge in [0.15, 0.2) is 0 Å². The zero-order valence-electron chi connectivity index (χ0n) is 9.87. The van der Waals surface area contributed by atoms with Crippen LogP contribution in [0.1, 0.15) is 0 Å². The van der Waals surface area contributed by atoms with E-state index in [1.54, 1.807) is 22.7 Å². The molecule has 0 aliphatic rings. The number of thiophene rings is 2. The highest BCUT2D eigenvalue weighted by Gasteiger charge is 2.09. The van der Waals surface area contributed by atoms with Crippen LogP contribution in [0.4, 0.5) is 0 Å². The van der Waals surface area contributed by atoms with Crippen LogP contribution in [-0.2, 0) is 0 Å². The molecule has 0 unspecified atom stereocenters. The lowest BCUT2D eigenvalue weighted by atomic mass is 10.3. The first-order chi connectivity index (χ1) is 9.40. The molecule has 0 saturated carbocycles. The van der Waals surface area contributed by atoms with Crippen LogP contribution in [0, 0.1) is 0 Å². The molecule has 0 aliphatic carbocycles. The van der Waals surface area contributed by atoms with Gasteiger partial charge in [-0.1, -0.05) is 18.2 Å². The van der Waals surface area contributed by atoms with E-state index in [2.05, 4.69) is 47.8 Å². The number of aromatic nitrogens is 1. The van der Waals surface area contributed by atoms with Crippen LogP contribution in [-0.4, -0.2) is 4.98 Å². The van der Waals surface area contributed by atoms with Gasteiger partial charge in [-0.25, -0.2) is 4.98 Å². The maximum atomic E-state index is 4.71. The summed E-state index contributed by atoms with van der Waals surface area (Å²) in [7, 11) is 0. The Labute approximate surface area is 122 Å². The van der Waals surface area contributed by atoms with Crippen LogP contribution in [0.5, 0.6) is 0 Å². The Morgan fingerprint density at radius 2 is 1.63 bits per heavy atom. The van der Waals surface area contributed by atoms with Crippen LogP contribution >= 0.6 is 34.0 Å². The molecule has 4 rings (SSSR count). The lowest BCUT2D eigenvalue weighted by molar-refractivity contribution is 1.50. The first-order valence-corrected chi connectivity index (χ1v) is 8.41. The summed E-state index contributed by atoms with van der Waals surface area (Å²) in [5.41, 5.74) is 1.09. The monoisotopic (exact) mass is 299 g/mol. The molecule has 0 fully saturated rings. The molecule has 0 saturated heterocycles. The van der Waals surface area contributed by atoms with Crippen molar-refractivity contribution in [3.8, 4) is 19.6 Å². The molecule has 0 aliphatic heterocycles. The quantitative estimate of drug-likeness (QED) is 0.459. The van der Waals surface area contributed by atoms with Crippen molar-refractivity contribution in [2.45, 2.75) is 0 Å². The molecule has 1 nitrogen and oxygen atoms in total. The Morgan fingerprint density at radius 3 is 2.47 bits per heavy atom. The average molecular weight is 299 g/mol. The molecule has 0 spiro atoms. The Kier molecular flexibility index (Phi) is 2.72. The van der Waals surface area contributed by atoms with Crippen molar-refractivity contribution >= 4 is 44.2 Å². The summed E-state index contributed by atoms with van der Waals surface area (Å²) >= 11 is 5.36. The van der Waals surface area contributed by atoms with Gasteiger partial charge in [0.25, 0.3) is 0 Å². The smallest absolute Gasteiger partial charge is 0.134 e. The number of hydrogen-bond donors (Lipinski definition) is 0. The number of para-hydroxylation sites is 1. The summed E-state index contributed by atoms with van der Waals surface area (Å²) in [4.78, 5) is 8.62. The standard InChI is InChI=1S/C15H9NS3/c1-2-5-11-10(4-1)16-15(19-11)14-8-7-13(18-14)12-6-3-9-17-12/h1-9H. The summed E-state index contributed by atoms with van der Waals surface area (Å²) in [6.07, 6.45) is 0. The van der Waals surface area contributed by atoms with E-state index in [9.17, 15) is 0 Å². The fourth-order valence-electron chi connectivity index (χ4n) is 1.98. The Bertz CT molecular complexity index is 791. The molecule has 0 atom stereocenters. The van der Waals surface area contributed by atoms with E-state index >= 15 is 0 Å². The van der Waals surface area contributed by atoms with Gasteiger partial charge >= 0.3 is 0 Å². The van der Waals surface area contributed by atoms with Gasteiger partial charge in [-0.15, -0.1) is 34.0 Å². The first kappa shape index (κ1) is 11.3. The lowest BCUT2D eigenvalue weighted by Crippen LogP contribution is -1.67. The molecule has 0 N–H and O–H groups in total. The van der Waals surface area contributed by atoms with Crippen molar-refractivity contribution in [3.63, 3.8) is 0 Å². The summed E-state index contributed by atoms with van der Waals surface area (Å²) in [6.45, 7) is 0. The minimum Gasteiger partial charge on any atom is -0.235 e. The van der Waals surface area contributed by atoms with Crippen molar-refractivity contribution in [1.29, 1.82) is 0 Å². The third-order valence-electron chi connectivity index (χ3n) is 2.87. The number of hydrogen-bond acceptors (Lipinski definition) is 4. The molecule has 19 heavy (non-hydrogen) atoms. The third-order valence-corrected chi connectivity index (χ3v) is 6.23. The van der Waals surface area contributed by atoms with Crippen LogP contribution in [0.2, 0.25) is 0 Å². The van der Waals surface area contributed by atoms with Crippen LogP contribution in [0.15, 0.2) is 53.9 Å². The summed E-state index contributed by atoms with van der Waals surface area (Å²) < 4.78 is 1.25. The molecule has 3 aromatic heterocycles. The second kappa shape index (κ2) is 4.56. The molecular weight excluding hydrogens is 290 g/mol. The van der Waals surface area contributed by atoms with Gasteiger partial charge in [0.2, 0.25) is 0 Å². The normalized spacial score (nSPS) is 11.2. The number of fused-ring (bicyclic) bond motifs is 1. The Balaban J connectivity index is 1.80. The predicted octanol–water partition coefficient (Wildman–Crippen LogP) is 5.75. The second-order valence-corrected chi connectivity index (χ2v) is 7.19. The zero-order chi connectivity index (χ0) is 12.7. The van der Waals surface area contributed by atoms with Gasteiger partial charge in [0.05, 0.1) is 15.1 Å². The lowest BCUT2D eigenvalue weighted by Gasteiger charge is -1.89. The number of rotatable bonds is 2. The van der Waals surface area contributed by atoms with E-state index in [1.807, 2.05) is 17.4 Å². The third kappa shape index (κ3) is 2.02. The molecule has 92 valence electrons. The van der Waals surface area contributed by atoms with E-state index in [0.29, 0.717) is 0 Å². The van der Waals surface area contributed by atoms with Gasteiger partial charge < -0.3 is 0 Å². The highest BCUT2D eigenvalue weighted by molar-refractivity contribution is 7.27. The summed E-state index contributed by atoms with van der Waals surface area (Å²) in [5.74, 6) is 0. The number of benzene rings is 1. The summed E-state index contributed by atoms with van der Waals surface area (Å²) in [6, 6.07) is 16.9. The minimum atomic E-state index is 1.09. The molecule has 1 aromatic carbocycles. The van der Waals surface area contributed by atoms with Crippen LogP contribution in [0.3, 0.4) is 0 Å². The van der Waals surface area contributed by atoms with Crippen molar-refractivity contribution in [2.24, 2.45) is 0 Å². The topological polar surface area (TPSA) is 12.9 Å². The van der Waals surface area contributed by atoms with Gasteiger partial charge in [0, 0.05) is 9.75 Å². The van der Waals surface area contributed by atoms with E-state index in [1.165, 1.54) is 19.3 Å². The molecule has 4 heteroatoms. The summed E-state index contributed by atoms with van der Waals surface area (Å²) in [5, 5.41) is 3.24. The maximum Gasteiger partial charge on any atom is 0.134 e. The first-order valence-electron chi connectivity index (χ1n) is 5.90. The zero-order valence-corrected chi connectivity index (χ0v) is 12.3. The Hall–Kier alpha value is -1.49. The van der Waals surface area contributed by atoms with Crippen LogP contribution < -0.4 is 0 Å². The SMILES string of the molecule is c1csc(-c2ccc(-c3nc4ccccc4s3)s2)c1. The molecule has 3 heterocycles. The van der Waals surface area contributed by atoms with Gasteiger partial charge in [-0.3, -0.25) is 0 Å². The molecule has 0 amide bonds. The van der Waals surface area contributed by atoms with E-state index < -0.39 is 0 Å². The van der Waals surface area contributed by atoms with Gasteiger partial charge in [-0.05, 0) is 35.7 Å². The van der Waals surface area contributed by atoms with Gasteiger partial charge in [-0.2, -0.15) is 0 Å². The highest BCUT2D eigenvalue weighted by atomic mass is 32.1. The van der Waals surface area contributed by atoms with Crippen molar-refractivity contribution in [3.05, 3.63) is 53.9 Å². The minimum absolute atomic E-state index is 1.09. The number of nitrogens with zero attached hydrogens (tertiary/aromatic N) is 1. The van der Waals surface area contributed by atoms with Crippen molar-refractivity contribution < 1.29 is 0 Å². The fraction of sp³-hybridized carbons (Fsp3) is 0. The fourth-order valence-corrected chi connectivity index (χ4v) is 4.84. The molecule has 4 aromatic rings. The second-order valence-electron chi connectivity index (χ2n) is 4.13. The van der Waals surface area contributed by atoms with Crippen molar-refractivity contribution in [1.82, 2.24) is 4.98 Å². The van der Waals surface area contributed by atoms with Gasteiger partial charge in [0.1, 0.15) is 5.01 Å². The van der Waals surface area contributed by atoms with Crippen molar-refractivity contribution in [2.75, 3.05) is 0 Å². The Morgan fingerprint density at radius 1 is 0.737 bits per heavy atom. The maximum absolute atomic E-state index is 4.71. The van der Waals surface area contributed by atoms with E-state index in [-0.39, 0.29) is 0 Å².